The number of aliphatic carboxylic acids is 1. The Hall–Kier alpha value is -1.92. The van der Waals surface area contributed by atoms with Crippen LogP contribution in [0.5, 0.6) is 0 Å². The van der Waals surface area contributed by atoms with Gasteiger partial charge in [-0.05, 0) is 6.92 Å². The summed E-state index contributed by atoms with van der Waals surface area (Å²) in [5.74, 6) is -0.965. The van der Waals surface area contributed by atoms with E-state index in [1.807, 2.05) is 11.5 Å². The minimum Gasteiger partial charge on any atom is -0.481 e. The van der Waals surface area contributed by atoms with Gasteiger partial charge in [0, 0.05) is 19.5 Å². The lowest BCUT2D eigenvalue weighted by Crippen LogP contribution is -2.27. The fourth-order valence-corrected chi connectivity index (χ4v) is 1.93. The van der Waals surface area contributed by atoms with Crippen molar-refractivity contribution in [3.05, 3.63) is 12.2 Å². The Balaban J connectivity index is 2.05. The summed E-state index contributed by atoms with van der Waals surface area (Å²) in [6.07, 6.45) is 1.68. The van der Waals surface area contributed by atoms with Gasteiger partial charge in [0.1, 0.15) is 6.33 Å². The Morgan fingerprint density at radius 2 is 2.41 bits per heavy atom. The molecule has 0 radical (unpaired) electrons. The SMILES string of the molecule is CCn1cnnc1CN1CC(C(=O)O)CC1=O. The van der Waals surface area contributed by atoms with Crippen molar-refractivity contribution < 1.29 is 14.7 Å². The first-order chi connectivity index (χ1) is 8.11. The van der Waals surface area contributed by atoms with E-state index in [1.54, 1.807) is 6.33 Å². The third-order valence-corrected chi connectivity index (χ3v) is 2.93. The lowest BCUT2D eigenvalue weighted by atomic mass is 10.1. The van der Waals surface area contributed by atoms with Crippen molar-refractivity contribution in [1.29, 1.82) is 0 Å². The topological polar surface area (TPSA) is 88.3 Å². The van der Waals surface area contributed by atoms with Gasteiger partial charge >= 0.3 is 5.97 Å². The van der Waals surface area contributed by atoms with Crippen LogP contribution in [0.2, 0.25) is 0 Å². The quantitative estimate of drug-likeness (QED) is 0.780. The number of amides is 1. The van der Waals surface area contributed by atoms with Crippen molar-refractivity contribution in [2.75, 3.05) is 6.54 Å². The molecule has 1 amide bonds. The molecule has 1 fully saturated rings. The molecular formula is C10H14N4O3. The lowest BCUT2D eigenvalue weighted by Gasteiger charge is -2.15. The molecule has 1 aromatic heterocycles. The second kappa shape index (κ2) is 4.52. The highest BCUT2D eigenvalue weighted by atomic mass is 16.4. The van der Waals surface area contributed by atoms with Gasteiger partial charge in [-0.15, -0.1) is 10.2 Å². The van der Waals surface area contributed by atoms with Crippen LogP contribution in [0.4, 0.5) is 0 Å². The first-order valence-corrected chi connectivity index (χ1v) is 5.49. The van der Waals surface area contributed by atoms with Crippen LogP contribution in [-0.4, -0.2) is 43.2 Å². The highest BCUT2D eigenvalue weighted by molar-refractivity contribution is 5.85. The Morgan fingerprint density at radius 1 is 1.65 bits per heavy atom. The van der Waals surface area contributed by atoms with Crippen molar-refractivity contribution in [3.8, 4) is 0 Å². The molecule has 1 N–H and O–H groups in total. The monoisotopic (exact) mass is 238 g/mol. The Bertz CT molecular complexity index is 443. The first kappa shape index (κ1) is 11.6. The van der Waals surface area contributed by atoms with Crippen LogP contribution in [0.3, 0.4) is 0 Å². The maximum atomic E-state index is 11.6. The Kier molecular flexibility index (Phi) is 3.08. The van der Waals surface area contributed by atoms with Crippen LogP contribution in [0.1, 0.15) is 19.2 Å². The maximum Gasteiger partial charge on any atom is 0.308 e. The van der Waals surface area contributed by atoms with Gasteiger partial charge in [0.15, 0.2) is 5.82 Å². The second-order valence-corrected chi connectivity index (χ2v) is 4.05. The van der Waals surface area contributed by atoms with E-state index in [0.717, 1.165) is 6.54 Å². The predicted molar refractivity (Wildman–Crippen MR) is 56.9 cm³/mol. The summed E-state index contributed by atoms with van der Waals surface area (Å²) >= 11 is 0. The van der Waals surface area contributed by atoms with Gasteiger partial charge in [0.05, 0.1) is 12.5 Å². The average molecular weight is 238 g/mol. The molecule has 2 rings (SSSR count). The lowest BCUT2D eigenvalue weighted by molar-refractivity contribution is -0.141. The van der Waals surface area contributed by atoms with Gasteiger partial charge in [-0.25, -0.2) is 0 Å². The van der Waals surface area contributed by atoms with E-state index in [-0.39, 0.29) is 18.9 Å². The molecule has 0 bridgehead atoms. The molecule has 0 saturated carbocycles. The van der Waals surface area contributed by atoms with E-state index in [4.69, 9.17) is 5.11 Å². The summed E-state index contributed by atoms with van der Waals surface area (Å²) in [6.45, 7) is 3.27. The van der Waals surface area contributed by atoms with Crippen molar-refractivity contribution in [2.45, 2.75) is 26.4 Å². The second-order valence-electron chi connectivity index (χ2n) is 4.05. The molecule has 1 unspecified atom stereocenters. The summed E-state index contributed by atoms with van der Waals surface area (Å²) in [5.41, 5.74) is 0. The van der Waals surface area contributed by atoms with E-state index in [0.29, 0.717) is 12.4 Å². The van der Waals surface area contributed by atoms with Crippen LogP contribution in [0.15, 0.2) is 6.33 Å². The minimum atomic E-state index is -0.919. The van der Waals surface area contributed by atoms with Crippen molar-refractivity contribution in [2.24, 2.45) is 5.92 Å². The number of carboxylic acid groups (broad SMARTS) is 1. The molecule has 92 valence electrons. The number of carbonyl (C=O) groups is 2. The number of carbonyl (C=O) groups excluding carboxylic acids is 1. The molecular weight excluding hydrogens is 224 g/mol. The van der Waals surface area contributed by atoms with Crippen molar-refractivity contribution >= 4 is 11.9 Å². The van der Waals surface area contributed by atoms with Crippen molar-refractivity contribution in [3.63, 3.8) is 0 Å². The molecule has 1 atom stereocenters. The van der Waals surface area contributed by atoms with Crippen molar-refractivity contribution in [1.82, 2.24) is 19.7 Å². The summed E-state index contributed by atoms with van der Waals surface area (Å²) < 4.78 is 1.83. The molecule has 7 heteroatoms. The molecule has 1 aromatic rings. The molecule has 0 aliphatic carbocycles. The first-order valence-electron chi connectivity index (χ1n) is 5.49. The molecule has 0 spiro atoms. The van der Waals surface area contributed by atoms with Crippen LogP contribution >= 0.6 is 0 Å². The number of hydrogen-bond acceptors (Lipinski definition) is 4. The van der Waals surface area contributed by atoms with E-state index in [1.165, 1.54) is 4.90 Å². The van der Waals surface area contributed by atoms with E-state index < -0.39 is 11.9 Å². The third-order valence-electron chi connectivity index (χ3n) is 2.93. The fraction of sp³-hybridized carbons (Fsp3) is 0.600. The zero-order valence-electron chi connectivity index (χ0n) is 9.54. The number of likely N-dealkylation sites (tertiary alicyclic amines) is 1. The Labute approximate surface area is 98.0 Å². The zero-order chi connectivity index (χ0) is 12.4. The number of carboxylic acids is 1. The third kappa shape index (κ3) is 2.27. The minimum absolute atomic E-state index is 0.0790. The maximum absolute atomic E-state index is 11.6. The van der Waals surface area contributed by atoms with Crippen LogP contribution in [0.25, 0.3) is 0 Å². The molecule has 1 aliphatic heterocycles. The molecule has 1 aliphatic rings. The Morgan fingerprint density at radius 3 is 3.00 bits per heavy atom. The largest absolute Gasteiger partial charge is 0.481 e. The molecule has 2 heterocycles. The van der Waals surface area contributed by atoms with E-state index >= 15 is 0 Å². The summed E-state index contributed by atoms with van der Waals surface area (Å²) in [4.78, 5) is 23.9. The number of aromatic nitrogens is 3. The van der Waals surface area contributed by atoms with E-state index in [9.17, 15) is 9.59 Å². The number of hydrogen-bond donors (Lipinski definition) is 1. The zero-order valence-corrected chi connectivity index (χ0v) is 9.54. The summed E-state index contributed by atoms with van der Waals surface area (Å²) in [5, 5.41) is 16.6. The average Bonchev–Trinajstić information content (AvgIpc) is 2.87. The van der Waals surface area contributed by atoms with Crippen LogP contribution < -0.4 is 0 Å². The number of rotatable bonds is 4. The summed E-state index contributed by atoms with van der Waals surface area (Å²) in [6, 6.07) is 0. The van der Waals surface area contributed by atoms with Gasteiger partial charge in [-0.3, -0.25) is 9.59 Å². The molecule has 0 aromatic carbocycles. The summed E-state index contributed by atoms with van der Waals surface area (Å²) in [7, 11) is 0. The highest BCUT2D eigenvalue weighted by Crippen LogP contribution is 2.19. The normalized spacial score (nSPS) is 19.9. The van der Waals surface area contributed by atoms with Gasteiger partial charge < -0.3 is 14.6 Å². The number of nitrogens with zero attached hydrogens (tertiary/aromatic N) is 4. The molecule has 7 nitrogen and oxygen atoms in total. The van der Waals surface area contributed by atoms with Gasteiger partial charge in [0.2, 0.25) is 5.91 Å². The molecule has 1 saturated heterocycles. The van der Waals surface area contributed by atoms with Gasteiger partial charge in [-0.2, -0.15) is 0 Å². The predicted octanol–water partition coefficient (Wildman–Crippen LogP) is -0.269. The van der Waals surface area contributed by atoms with Gasteiger partial charge in [0.25, 0.3) is 0 Å². The standard InChI is InChI=1S/C10H14N4O3/c1-2-13-6-11-12-8(13)5-14-4-7(10(16)17)3-9(14)15/h6-7H,2-5H2,1H3,(H,16,17). The van der Waals surface area contributed by atoms with Gasteiger partial charge in [-0.1, -0.05) is 0 Å². The fourth-order valence-electron chi connectivity index (χ4n) is 1.93. The van der Waals surface area contributed by atoms with E-state index in [2.05, 4.69) is 10.2 Å². The van der Waals surface area contributed by atoms with Crippen LogP contribution in [-0.2, 0) is 22.7 Å². The molecule has 17 heavy (non-hydrogen) atoms. The number of aryl methyl sites for hydroxylation is 1. The highest BCUT2D eigenvalue weighted by Gasteiger charge is 2.34. The smallest absolute Gasteiger partial charge is 0.308 e. The van der Waals surface area contributed by atoms with Crippen LogP contribution in [0, 0.1) is 5.92 Å².